The molecule has 0 atom stereocenters. The van der Waals surface area contributed by atoms with E-state index in [1.165, 1.54) is 0 Å². The summed E-state index contributed by atoms with van der Waals surface area (Å²) in [6.45, 7) is 7.82. The quantitative estimate of drug-likeness (QED) is 0.580. The molecule has 7 heteroatoms. The molecule has 4 rings (SSSR count). The second-order valence-corrected chi connectivity index (χ2v) is 7.01. The number of anilines is 2. The summed E-state index contributed by atoms with van der Waals surface area (Å²) in [6, 6.07) is 11.8. The van der Waals surface area contributed by atoms with Crippen molar-refractivity contribution in [3.8, 4) is 5.75 Å². The lowest BCUT2D eigenvalue weighted by Gasteiger charge is -2.37. The zero-order chi connectivity index (χ0) is 20.9. The van der Waals surface area contributed by atoms with E-state index < -0.39 is 0 Å². The van der Waals surface area contributed by atoms with Crippen LogP contribution in [0.1, 0.15) is 24.2 Å². The first-order valence-electron chi connectivity index (χ1n) is 10.3. The van der Waals surface area contributed by atoms with Crippen LogP contribution >= 0.6 is 0 Å². The molecule has 7 nitrogen and oxygen atoms in total. The van der Waals surface area contributed by atoms with E-state index in [9.17, 15) is 4.79 Å². The van der Waals surface area contributed by atoms with Gasteiger partial charge >= 0.3 is 5.97 Å². The highest BCUT2D eigenvalue weighted by Gasteiger charge is 2.25. The van der Waals surface area contributed by atoms with E-state index in [0.717, 1.165) is 54.3 Å². The largest absolute Gasteiger partial charge is 0.494 e. The minimum absolute atomic E-state index is 0.322. The number of carbonyl (C=O) groups is 1. The van der Waals surface area contributed by atoms with Crippen molar-refractivity contribution in [2.24, 2.45) is 0 Å². The summed E-state index contributed by atoms with van der Waals surface area (Å²) in [5.74, 6) is 1.39. The molecule has 1 aliphatic rings. The van der Waals surface area contributed by atoms with Crippen molar-refractivity contribution in [2.75, 3.05) is 49.2 Å². The maximum atomic E-state index is 12.7. The number of fused-ring (bicyclic) bond motifs is 1. The van der Waals surface area contributed by atoms with E-state index in [0.29, 0.717) is 18.8 Å². The van der Waals surface area contributed by atoms with Crippen molar-refractivity contribution >= 4 is 28.4 Å². The average Bonchev–Trinajstić information content (AvgIpc) is 2.79. The van der Waals surface area contributed by atoms with Crippen molar-refractivity contribution < 1.29 is 14.3 Å². The Balaban J connectivity index is 1.71. The standard InChI is InChI=1S/C23H26N4O3/c1-3-29-17-8-9-20-18(15-17)22(19(16-25-20)23(28)30-4-2)27-13-11-26(12-14-27)21-7-5-6-10-24-21/h5-10,15-16H,3-4,11-14H2,1-2H3. The van der Waals surface area contributed by atoms with Crippen LogP contribution in [0.2, 0.25) is 0 Å². The smallest absolute Gasteiger partial charge is 0.341 e. The number of piperazine rings is 1. The number of benzene rings is 1. The molecule has 1 aromatic carbocycles. The number of esters is 1. The molecule has 1 fully saturated rings. The van der Waals surface area contributed by atoms with Crippen molar-refractivity contribution in [3.63, 3.8) is 0 Å². The molecule has 156 valence electrons. The highest BCUT2D eigenvalue weighted by molar-refractivity contribution is 6.05. The van der Waals surface area contributed by atoms with Gasteiger partial charge in [0.15, 0.2) is 0 Å². The number of hydrogen-bond donors (Lipinski definition) is 0. The molecule has 1 aliphatic heterocycles. The van der Waals surface area contributed by atoms with Gasteiger partial charge in [-0.1, -0.05) is 6.07 Å². The van der Waals surface area contributed by atoms with Gasteiger partial charge in [0.1, 0.15) is 17.1 Å². The van der Waals surface area contributed by atoms with Crippen LogP contribution in [-0.2, 0) is 4.74 Å². The minimum Gasteiger partial charge on any atom is -0.494 e. The topological polar surface area (TPSA) is 67.8 Å². The first-order valence-corrected chi connectivity index (χ1v) is 10.3. The van der Waals surface area contributed by atoms with E-state index in [4.69, 9.17) is 9.47 Å². The number of aromatic nitrogens is 2. The van der Waals surface area contributed by atoms with Gasteiger partial charge in [-0.25, -0.2) is 9.78 Å². The molecule has 2 aromatic heterocycles. The van der Waals surface area contributed by atoms with E-state index in [1.807, 2.05) is 56.4 Å². The normalized spacial score (nSPS) is 14.1. The van der Waals surface area contributed by atoms with Crippen molar-refractivity contribution in [1.82, 2.24) is 9.97 Å². The van der Waals surface area contributed by atoms with Gasteiger partial charge in [-0.3, -0.25) is 4.98 Å². The Morgan fingerprint density at radius 3 is 2.50 bits per heavy atom. The molecule has 0 amide bonds. The lowest BCUT2D eigenvalue weighted by Crippen LogP contribution is -2.47. The maximum absolute atomic E-state index is 12.7. The Morgan fingerprint density at radius 1 is 1.00 bits per heavy atom. The summed E-state index contributed by atoms with van der Waals surface area (Å²) in [5.41, 5.74) is 2.18. The van der Waals surface area contributed by atoms with E-state index in [1.54, 1.807) is 6.20 Å². The van der Waals surface area contributed by atoms with Gasteiger partial charge in [0.25, 0.3) is 0 Å². The Hall–Kier alpha value is -3.35. The third-order valence-corrected chi connectivity index (χ3v) is 5.19. The van der Waals surface area contributed by atoms with Crippen molar-refractivity contribution in [1.29, 1.82) is 0 Å². The summed E-state index contributed by atoms with van der Waals surface area (Å²) in [6.07, 6.45) is 3.44. The average molecular weight is 406 g/mol. The fraction of sp³-hybridized carbons (Fsp3) is 0.348. The summed E-state index contributed by atoms with van der Waals surface area (Å²) in [7, 11) is 0. The number of carbonyl (C=O) groups excluding carboxylic acids is 1. The van der Waals surface area contributed by atoms with E-state index in [2.05, 4.69) is 19.8 Å². The van der Waals surface area contributed by atoms with Crippen LogP contribution < -0.4 is 14.5 Å². The highest BCUT2D eigenvalue weighted by Crippen LogP contribution is 2.33. The lowest BCUT2D eigenvalue weighted by molar-refractivity contribution is 0.0526. The number of rotatable bonds is 6. The zero-order valence-corrected chi connectivity index (χ0v) is 17.4. The van der Waals surface area contributed by atoms with Crippen LogP contribution in [0, 0.1) is 0 Å². The molecule has 0 N–H and O–H groups in total. The molecule has 30 heavy (non-hydrogen) atoms. The summed E-state index contributed by atoms with van der Waals surface area (Å²) < 4.78 is 11.0. The number of pyridine rings is 2. The first-order chi connectivity index (χ1) is 14.7. The minimum atomic E-state index is -0.351. The fourth-order valence-corrected chi connectivity index (χ4v) is 3.81. The lowest BCUT2D eigenvalue weighted by atomic mass is 10.1. The summed E-state index contributed by atoms with van der Waals surface area (Å²) in [5, 5.41) is 0.901. The van der Waals surface area contributed by atoms with Crippen LogP contribution in [0.3, 0.4) is 0 Å². The van der Waals surface area contributed by atoms with Gasteiger partial charge in [0, 0.05) is 44.0 Å². The molecule has 0 bridgehead atoms. The Labute approximate surface area is 176 Å². The predicted molar refractivity (Wildman–Crippen MR) is 118 cm³/mol. The molecule has 0 radical (unpaired) electrons. The molecule has 0 aliphatic carbocycles. The molecule has 1 saturated heterocycles. The molecule has 0 spiro atoms. The highest BCUT2D eigenvalue weighted by atomic mass is 16.5. The van der Waals surface area contributed by atoms with Gasteiger partial charge in [0.2, 0.25) is 0 Å². The van der Waals surface area contributed by atoms with Crippen molar-refractivity contribution in [2.45, 2.75) is 13.8 Å². The summed E-state index contributed by atoms with van der Waals surface area (Å²) >= 11 is 0. The van der Waals surface area contributed by atoms with E-state index in [-0.39, 0.29) is 5.97 Å². The fourth-order valence-electron chi connectivity index (χ4n) is 3.81. The van der Waals surface area contributed by atoms with Crippen LogP contribution in [-0.4, -0.2) is 55.3 Å². The molecule has 3 aromatic rings. The first kappa shape index (κ1) is 19.9. The van der Waals surface area contributed by atoms with Gasteiger partial charge in [0.05, 0.1) is 24.4 Å². The van der Waals surface area contributed by atoms with Crippen LogP contribution in [0.25, 0.3) is 10.9 Å². The molecular formula is C23H26N4O3. The maximum Gasteiger partial charge on any atom is 0.341 e. The van der Waals surface area contributed by atoms with Gasteiger partial charge in [-0.15, -0.1) is 0 Å². The van der Waals surface area contributed by atoms with Crippen LogP contribution in [0.4, 0.5) is 11.5 Å². The molecule has 3 heterocycles. The van der Waals surface area contributed by atoms with Crippen LogP contribution in [0.15, 0.2) is 48.8 Å². The molecular weight excluding hydrogens is 380 g/mol. The van der Waals surface area contributed by atoms with E-state index >= 15 is 0 Å². The Kier molecular flexibility index (Phi) is 5.97. The Morgan fingerprint density at radius 2 is 1.80 bits per heavy atom. The van der Waals surface area contributed by atoms with Gasteiger partial charge in [-0.2, -0.15) is 0 Å². The van der Waals surface area contributed by atoms with Crippen LogP contribution in [0.5, 0.6) is 5.75 Å². The SMILES string of the molecule is CCOC(=O)c1cnc2ccc(OCC)cc2c1N1CCN(c2ccccn2)CC1. The van der Waals surface area contributed by atoms with Crippen molar-refractivity contribution in [3.05, 3.63) is 54.4 Å². The number of nitrogens with zero attached hydrogens (tertiary/aromatic N) is 4. The monoisotopic (exact) mass is 406 g/mol. The zero-order valence-electron chi connectivity index (χ0n) is 17.4. The molecule has 0 unspecified atom stereocenters. The predicted octanol–water partition coefficient (Wildman–Crippen LogP) is 3.53. The third kappa shape index (κ3) is 4.01. The van der Waals surface area contributed by atoms with Gasteiger partial charge < -0.3 is 19.3 Å². The number of hydrogen-bond acceptors (Lipinski definition) is 7. The molecule has 0 saturated carbocycles. The Bertz CT molecular complexity index is 1020. The third-order valence-electron chi connectivity index (χ3n) is 5.19. The second-order valence-electron chi connectivity index (χ2n) is 7.01. The van der Waals surface area contributed by atoms with Gasteiger partial charge in [-0.05, 0) is 44.2 Å². The number of ether oxygens (including phenoxy) is 2. The second kappa shape index (κ2) is 8.98. The summed E-state index contributed by atoms with van der Waals surface area (Å²) in [4.78, 5) is 26.2.